The molecule has 0 fully saturated rings. The Labute approximate surface area is 231 Å². The van der Waals surface area contributed by atoms with Gasteiger partial charge in [-0.2, -0.15) is 31.8 Å². The smallest absolute Gasteiger partial charge is 0.295 e. The van der Waals surface area contributed by atoms with Gasteiger partial charge >= 0.3 is 0 Å². The van der Waals surface area contributed by atoms with E-state index in [9.17, 15) is 25.9 Å². The first kappa shape index (κ1) is 28.4. The van der Waals surface area contributed by atoms with Crippen LogP contribution in [0, 0.1) is 0 Å². The summed E-state index contributed by atoms with van der Waals surface area (Å²) in [5.74, 6) is 0.546. The number of nitrogens with zero attached hydrogens (tertiary/aromatic N) is 3. The molecule has 0 amide bonds. The van der Waals surface area contributed by atoms with Crippen LogP contribution in [0.5, 0.6) is 0 Å². The molecule has 3 aromatic carbocycles. The first-order chi connectivity index (χ1) is 19.0. The minimum atomic E-state index is -4.71. The summed E-state index contributed by atoms with van der Waals surface area (Å²) >= 11 is 0. The second kappa shape index (κ2) is 11.6. The first-order valence-corrected chi connectivity index (χ1v) is 14.4. The van der Waals surface area contributed by atoms with Crippen LogP contribution in [-0.4, -0.2) is 47.9 Å². The molecular formula is C26H24N6O6S2. The van der Waals surface area contributed by atoms with Gasteiger partial charge in [0.15, 0.2) is 0 Å². The molecule has 0 atom stereocenters. The number of hydrogen-bond acceptors (Lipinski definition) is 10. The molecule has 4 aromatic rings. The lowest BCUT2D eigenvalue weighted by Gasteiger charge is -2.12. The number of rotatable bonds is 10. The van der Waals surface area contributed by atoms with Crippen LogP contribution in [0.3, 0.4) is 0 Å². The molecule has 206 valence electrons. The fraction of sp³-hybridized carbons (Fsp3) is 0.0385. The molecule has 0 aliphatic heterocycles. The third-order valence-corrected chi connectivity index (χ3v) is 7.25. The van der Waals surface area contributed by atoms with Crippen molar-refractivity contribution in [1.29, 1.82) is 0 Å². The van der Waals surface area contributed by atoms with Gasteiger partial charge in [0.1, 0.15) is 9.79 Å². The molecule has 14 heteroatoms. The summed E-state index contributed by atoms with van der Waals surface area (Å²) in [4.78, 5) is 11.9. The molecule has 40 heavy (non-hydrogen) atoms. The predicted molar refractivity (Wildman–Crippen MR) is 154 cm³/mol. The maximum Gasteiger partial charge on any atom is 0.295 e. The van der Waals surface area contributed by atoms with E-state index in [0.717, 1.165) is 5.69 Å². The summed E-state index contributed by atoms with van der Waals surface area (Å²) in [6, 6.07) is 17.5. The highest BCUT2D eigenvalue weighted by Crippen LogP contribution is 2.27. The molecule has 5 N–H and O–H groups in total. The molecule has 0 radical (unpaired) electrons. The Balaban J connectivity index is 1.68. The van der Waals surface area contributed by atoms with Crippen LogP contribution in [0.25, 0.3) is 18.2 Å². The third-order valence-electron chi connectivity index (χ3n) is 5.43. The number of nitrogens with one attached hydrogen (secondary N) is 3. The van der Waals surface area contributed by atoms with Crippen LogP contribution in [-0.2, 0) is 20.2 Å². The summed E-state index contributed by atoms with van der Waals surface area (Å²) in [5, 5.41) is 8.77. The molecule has 0 aliphatic carbocycles. The van der Waals surface area contributed by atoms with Gasteiger partial charge in [-0.15, -0.1) is 0 Å². The van der Waals surface area contributed by atoms with E-state index >= 15 is 0 Å². The second-order valence-corrected chi connectivity index (χ2v) is 11.0. The Hall–Kier alpha value is -4.63. The zero-order valence-electron chi connectivity index (χ0n) is 21.0. The monoisotopic (exact) mass is 580 g/mol. The third kappa shape index (κ3) is 7.06. The number of benzene rings is 3. The van der Waals surface area contributed by atoms with Gasteiger partial charge in [0.25, 0.3) is 20.2 Å². The molecule has 1 heterocycles. The van der Waals surface area contributed by atoms with E-state index in [0.29, 0.717) is 5.56 Å². The van der Waals surface area contributed by atoms with E-state index < -0.39 is 25.1 Å². The molecule has 0 spiro atoms. The van der Waals surface area contributed by atoms with Crippen LogP contribution >= 0.6 is 0 Å². The predicted octanol–water partition coefficient (Wildman–Crippen LogP) is 4.71. The largest absolute Gasteiger partial charge is 0.357 e. The van der Waals surface area contributed by atoms with Gasteiger partial charge in [-0.05, 0) is 47.0 Å². The lowest BCUT2D eigenvalue weighted by atomic mass is 10.1. The summed E-state index contributed by atoms with van der Waals surface area (Å²) in [6.07, 6.45) is 4.02. The van der Waals surface area contributed by atoms with Gasteiger partial charge in [-0.3, -0.25) is 9.11 Å². The Bertz CT molecular complexity index is 1810. The number of aromatic nitrogens is 3. The van der Waals surface area contributed by atoms with E-state index in [4.69, 9.17) is 0 Å². The van der Waals surface area contributed by atoms with E-state index in [-0.39, 0.29) is 39.6 Å². The van der Waals surface area contributed by atoms with Crippen LogP contribution < -0.4 is 16.0 Å². The van der Waals surface area contributed by atoms with Crippen molar-refractivity contribution < 1.29 is 25.9 Å². The molecule has 1 aromatic heterocycles. The summed E-state index contributed by atoms with van der Waals surface area (Å²) in [5.41, 5.74) is 1.58. The first-order valence-electron chi connectivity index (χ1n) is 11.5. The molecule has 4 rings (SSSR count). The highest BCUT2D eigenvalue weighted by Gasteiger charge is 2.18. The molecule has 12 nitrogen and oxygen atoms in total. The van der Waals surface area contributed by atoms with Crippen molar-refractivity contribution in [3.63, 3.8) is 0 Å². The number of hydrogen-bond donors (Lipinski definition) is 5. The van der Waals surface area contributed by atoms with E-state index in [1.807, 2.05) is 30.3 Å². The fourth-order valence-electron chi connectivity index (χ4n) is 3.57. The van der Waals surface area contributed by atoms with E-state index in [1.165, 1.54) is 48.6 Å². The Morgan fingerprint density at radius 1 is 0.700 bits per heavy atom. The lowest BCUT2D eigenvalue weighted by Crippen LogP contribution is -2.08. The maximum atomic E-state index is 12.2. The van der Waals surface area contributed by atoms with Crippen LogP contribution in [0.15, 0.2) is 83.1 Å². The van der Waals surface area contributed by atoms with Crippen molar-refractivity contribution >= 4 is 67.7 Å². The minimum absolute atomic E-state index is 0.0557. The Morgan fingerprint density at radius 3 is 1.77 bits per heavy atom. The highest BCUT2D eigenvalue weighted by atomic mass is 32.2. The van der Waals surface area contributed by atoms with Crippen LogP contribution in [0.4, 0.5) is 29.2 Å². The van der Waals surface area contributed by atoms with Gasteiger partial charge in [-0.25, -0.2) is 0 Å². The molecule has 0 unspecified atom stereocenters. The van der Waals surface area contributed by atoms with Crippen molar-refractivity contribution in [2.24, 2.45) is 0 Å². The lowest BCUT2D eigenvalue weighted by molar-refractivity contribution is 0.480. The van der Waals surface area contributed by atoms with Crippen molar-refractivity contribution in [3.05, 3.63) is 90.0 Å². The van der Waals surface area contributed by atoms with Gasteiger partial charge in [0, 0.05) is 18.4 Å². The maximum absolute atomic E-state index is 12.2. The summed E-state index contributed by atoms with van der Waals surface area (Å²) < 4.78 is 67.7. The summed E-state index contributed by atoms with van der Waals surface area (Å²) in [7, 11) is -7.67. The molecule has 0 saturated carbocycles. The average Bonchev–Trinajstić information content (AvgIpc) is 2.91. The zero-order valence-corrected chi connectivity index (χ0v) is 22.6. The van der Waals surface area contributed by atoms with Gasteiger partial charge in [-0.1, -0.05) is 61.2 Å². The second-order valence-electron chi connectivity index (χ2n) is 8.21. The van der Waals surface area contributed by atoms with Crippen LogP contribution in [0.1, 0.15) is 16.7 Å². The van der Waals surface area contributed by atoms with E-state index in [1.54, 1.807) is 13.1 Å². The standard InChI is InChI=1S/C26H24N6O6S2/c1-3-17-9-10-18(22(15-17)39(33,34)35)11-12-19-13-14-21(16-23(19)40(36,37)38)29-26-31-24(27-2)30-25(32-26)28-20-7-5-4-6-8-20/h3-16H,1H2,2H3,(H,33,34,35)(H,36,37,38)(H3,27,28,29,30,31,32)/b12-11+. The van der Waals surface area contributed by atoms with Crippen molar-refractivity contribution in [2.45, 2.75) is 9.79 Å². The molecular weight excluding hydrogens is 556 g/mol. The molecule has 0 saturated heterocycles. The van der Waals surface area contributed by atoms with Gasteiger partial charge < -0.3 is 16.0 Å². The Morgan fingerprint density at radius 2 is 1.23 bits per heavy atom. The van der Waals surface area contributed by atoms with Gasteiger partial charge in [0.05, 0.1) is 0 Å². The average molecular weight is 581 g/mol. The normalized spacial score (nSPS) is 11.8. The van der Waals surface area contributed by atoms with Gasteiger partial charge in [0.2, 0.25) is 17.8 Å². The molecule has 0 bridgehead atoms. The summed E-state index contributed by atoms with van der Waals surface area (Å²) in [6.45, 7) is 3.57. The SMILES string of the molecule is C=Cc1ccc(/C=C/c2ccc(Nc3nc(NC)nc(Nc4ccccc4)n3)cc2S(=O)(=O)O)c(S(=O)(=O)O)c1. The fourth-order valence-corrected chi connectivity index (χ4v) is 5.00. The molecule has 0 aliphatic rings. The van der Waals surface area contributed by atoms with E-state index in [2.05, 4.69) is 37.5 Å². The topological polar surface area (TPSA) is 183 Å². The van der Waals surface area contributed by atoms with Crippen molar-refractivity contribution in [1.82, 2.24) is 15.0 Å². The van der Waals surface area contributed by atoms with Crippen LogP contribution in [0.2, 0.25) is 0 Å². The zero-order chi connectivity index (χ0) is 28.9. The Kier molecular flexibility index (Phi) is 8.25. The minimum Gasteiger partial charge on any atom is -0.357 e. The number of anilines is 5. The quantitative estimate of drug-likeness (QED) is 0.129. The van der Waals surface area contributed by atoms with Crippen molar-refractivity contribution in [2.75, 3.05) is 23.0 Å². The highest BCUT2D eigenvalue weighted by molar-refractivity contribution is 7.86. The van der Waals surface area contributed by atoms with Crippen molar-refractivity contribution in [3.8, 4) is 0 Å². The number of para-hydroxylation sites is 1.